The van der Waals surface area contributed by atoms with Crippen molar-refractivity contribution in [3.05, 3.63) is 46.5 Å². The van der Waals surface area contributed by atoms with Gasteiger partial charge in [-0.25, -0.2) is 9.78 Å². The minimum absolute atomic E-state index is 0.225. The second-order valence-corrected chi connectivity index (χ2v) is 4.72. The molecule has 0 saturated carbocycles. The van der Waals surface area contributed by atoms with Gasteiger partial charge in [-0.05, 0) is 43.9 Å². The van der Waals surface area contributed by atoms with Crippen LogP contribution in [0, 0.1) is 0 Å². The van der Waals surface area contributed by atoms with Crippen LogP contribution in [0.4, 0.5) is 0 Å². The topological polar surface area (TPSA) is 66.0 Å². The van der Waals surface area contributed by atoms with Crippen LogP contribution in [0.25, 0.3) is 17.0 Å². The molecule has 0 spiro atoms. The molecule has 19 heavy (non-hydrogen) atoms. The van der Waals surface area contributed by atoms with E-state index in [0.717, 1.165) is 35.7 Å². The van der Waals surface area contributed by atoms with E-state index in [-0.39, 0.29) is 11.8 Å². The van der Waals surface area contributed by atoms with Gasteiger partial charge in [0.1, 0.15) is 0 Å². The highest BCUT2D eigenvalue weighted by Gasteiger charge is 1.96. The number of allylic oxidation sites excluding steroid dienone is 1. The summed E-state index contributed by atoms with van der Waals surface area (Å²) >= 11 is 0. The number of unbranched alkanes of at least 4 members (excludes halogenated alkanes) is 1. The first-order chi connectivity index (χ1) is 9.15. The molecule has 0 aliphatic rings. The summed E-state index contributed by atoms with van der Waals surface area (Å²) in [4.78, 5) is 17.5. The van der Waals surface area contributed by atoms with E-state index >= 15 is 0 Å². The van der Waals surface area contributed by atoms with Crippen LogP contribution in [0.1, 0.15) is 31.7 Å². The summed E-state index contributed by atoms with van der Waals surface area (Å²) in [6, 6.07) is 5.83. The van der Waals surface area contributed by atoms with Crippen molar-refractivity contribution >= 4 is 17.0 Å². The van der Waals surface area contributed by atoms with Crippen LogP contribution in [-0.4, -0.2) is 21.2 Å². The first-order valence-corrected chi connectivity index (χ1v) is 6.49. The number of hydrogen-bond acceptors (Lipinski definition) is 3. The van der Waals surface area contributed by atoms with Crippen LogP contribution < -0.4 is 5.69 Å². The molecule has 4 heteroatoms. The van der Waals surface area contributed by atoms with Crippen molar-refractivity contribution in [2.45, 2.75) is 32.3 Å². The zero-order valence-electron chi connectivity index (χ0n) is 11.0. The van der Waals surface area contributed by atoms with Crippen LogP contribution in [0.15, 0.2) is 35.3 Å². The highest BCUT2D eigenvalue weighted by molar-refractivity contribution is 5.80. The fourth-order valence-electron chi connectivity index (χ4n) is 1.93. The van der Waals surface area contributed by atoms with Crippen LogP contribution in [-0.2, 0) is 0 Å². The zero-order chi connectivity index (χ0) is 13.7. The minimum Gasteiger partial charge on any atom is -0.393 e. The number of aromatic amines is 1. The Kier molecular flexibility index (Phi) is 4.47. The molecule has 2 rings (SSSR count). The molecule has 2 N–H and O–H groups in total. The van der Waals surface area contributed by atoms with Crippen LogP contribution in [0.3, 0.4) is 0 Å². The number of hydrogen-bond donors (Lipinski definition) is 2. The van der Waals surface area contributed by atoms with Gasteiger partial charge in [0.05, 0.1) is 11.6 Å². The number of aliphatic hydroxyl groups is 1. The van der Waals surface area contributed by atoms with E-state index in [9.17, 15) is 4.79 Å². The number of nitrogens with one attached hydrogen (secondary N) is 1. The van der Waals surface area contributed by atoms with Gasteiger partial charge in [0, 0.05) is 11.6 Å². The Balaban J connectivity index is 2.03. The minimum atomic E-state index is -0.325. The Morgan fingerprint density at radius 3 is 3.11 bits per heavy atom. The molecule has 0 radical (unpaired) electrons. The van der Waals surface area contributed by atoms with Gasteiger partial charge in [0.15, 0.2) is 0 Å². The van der Waals surface area contributed by atoms with Crippen molar-refractivity contribution in [1.82, 2.24) is 9.97 Å². The standard InChI is InChI=1S/C15H18N2O2/c1-11(18)5-3-2-4-6-12-7-8-14-13(9-12)10-16-15(19)17-14/h4,6-11,18H,2-3,5H2,1H3,(H,16,17,19). The third-order valence-electron chi connectivity index (χ3n) is 2.94. The Hall–Kier alpha value is -1.94. The Bertz CT molecular complexity index is 629. The normalized spacial score (nSPS) is 13.2. The van der Waals surface area contributed by atoms with Gasteiger partial charge in [-0.3, -0.25) is 0 Å². The summed E-state index contributed by atoms with van der Waals surface area (Å²) < 4.78 is 0. The zero-order valence-corrected chi connectivity index (χ0v) is 11.0. The number of fused-ring (bicyclic) bond motifs is 1. The molecule has 1 aromatic heterocycles. The molecular formula is C15H18N2O2. The number of benzene rings is 1. The van der Waals surface area contributed by atoms with Crippen LogP contribution in [0.2, 0.25) is 0 Å². The second kappa shape index (κ2) is 6.29. The quantitative estimate of drug-likeness (QED) is 0.810. The molecule has 1 heterocycles. The van der Waals surface area contributed by atoms with Gasteiger partial charge in [0.25, 0.3) is 0 Å². The summed E-state index contributed by atoms with van der Waals surface area (Å²) in [6.07, 6.45) is 8.27. The summed E-state index contributed by atoms with van der Waals surface area (Å²) in [7, 11) is 0. The van der Waals surface area contributed by atoms with E-state index in [2.05, 4.69) is 16.0 Å². The van der Waals surface area contributed by atoms with E-state index in [1.54, 1.807) is 13.1 Å². The lowest BCUT2D eigenvalue weighted by Crippen LogP contribution is -2.08. The van der Waals surface area contributed by atoms with Gasteiger partial charge >= 0.3 is 5.69 Å². The molecule has 0 fully saturated rings. The molecule has 1 atom stereocenters. The molecule has 0 saturated heterocycles. The fraction of sp³-hybridized carbons (Fsp3) is 0.333. The van der Waals surface area contributed by atoms with E-state index in [1.807, 2.05) is 24.3 Å². The maximum Gasteiger partial charge on any atom is 0.345 e. The van der Waals surface area contributed by atoms with Crippen molar-refractivity contribution < 1.29 is 5.11 Å². The Labute approximate surface area is 111 Å². The van der Waals surface area contributed by atoms with Crippen LogP contribution >= 0.6 is 0 Å². The summed E-state index contributed by atoms with van der Waals surface area (Å²) in [5.74, 6) is 0. The first-order valence-electron chi connectivity index (χ1n) is 6.49. The third-order valence-corrected chi connectivity index (χ3v) is 2.94. The molecule has 0 bridgehead atoms. The van der Waals surface area contributed by atoms with E-state index in [0.29, 0.717) is 0 Å². The first kappa shape index (κ1) is 13.5. The van der Waals surface area contributed by atoms with Gasteiger partial charge < -0.3 is 10.1 Å². The molecule has 2 aromatic rings. The molecule has 0 amide bonds. The van der Waals surface area contributed by atoms with Crippen LogP contribution in [0.5, 0.6) is 0 Å². The summed E-state index contributed by atoms with van der Waals surface area (Å²) in [5.41, 5.74) is 1.55. The van der Waals surface area contributed by atoms with Crippen molar-refractivity contribution in [1.29, 1.82) is 0 Å². The predicted molar refractivity (Wildman–Crippen MR) is 76.9 cm³/mol. The number of aromatic nitrogens is 2. The SMILES string of the molecule is CC(O)CCCC=Cc1ccc2[nH]c(=O)ncc2c1. The average Bonchev–Trinajstić information content (AvgIpc) is 2.38. The van der Waals surface area contributed by atoms with Gasteiger partial charge in [-0.2, -0.15) is 0 Å². The van der Waals surface area contributed by atoms with E-state index < -0.39 is 0 Å². The lowest BCUT2D eigenvalue weighted by atomic mass is 10.1. The molecule has 0 aliphatic carbocycles. The molecule has 1 aromatic carbocycles. The predicted octanol–water partition coefficient (Wildman–Crippen LogP) is 2.49. The van der Waals surface area contributed by atoms with E-state index in [4.69, 9.17) is 5.11 Å². The van der Waals surface area contributed by atoms with Gasteiger partial charge in [-0.1, -0.05) is 18.2 Å². The molecule has 1 unspecified atom stereocenters. The monoisotopic (exact) mass is 258 g/mol. The molecular weight excluding hydrogens is 240 g/mol. The lowest BCUT2D eigenvalue weighted by molar-refractivity contribution is 0.182. The molecule has 4 nitrogen and oxygen atoms in total. The van der Waals surface area contributed by atoms with Crippen molar-refractivity contribution in [2.24, 2.45) is 0 Å². The Morgan fingerprint density at radius 2 is 2.32 bits per heavy atom. The van der Waals surface area contributed by atoms with E-state index in [1.165, 1.54) is 0 Å². The summed E-state index contributed by atoms with van der Waals surface area (Å²) in [5, 5.41) is 10.1. The number of nitrogens with zero attached hydrogens (tertiary/aromatic N) is 1. The van der Waals surface area contributed by atoms with Gasteiger partial charge in [0.2, 0.25) is 0 Å². The lowest BCUT2D eigenvalue weighted by Gasteiger charge is -2.01. The average molecular weight is 258 g/mol. The maximum absolute atomic E-state index is 11.1. The van der Waals surface area contributed by atoms with Crippen molar-refractivity contribution in [3.63, 3.8) is 0 Å². The highest BCUT2D eigenvalue weighted by atomic mass is 16.3. The number of rotatable bonds is 5. The Morgan fingerprint density at radius 1 is 1.47 bits per heavy atom. The maximum atomic E-state index is 11.1. The van der Waals surface area contributed by atoms with Crippen molar-refractivity contribution in [2.75, 3.05) is 0 Å². The molecule has 0 aliphatic heterocycles. The fourth-order valence-corrected chi connectivity index (χ4v) is 1.93. The largest absolute Gasteiger partial charge is 0.393 e. The number of aliphatic hydroxyl groups excluding tert-OH is 1. The third kappa shape index (κ3) is 4.03. The van der Waals surface area contributed by atoms with Gasteiger partial charge in [-0.15, -0.1) is 0 Å². The smallest absolute Gasteiger partial charge is 0.345 e. The highest BCUT2D eigenvalue weighted by Crippen LogP contribution is 2.13. The molecule has 100 valence electrons. The number of H-pyrrole nitrogens is 1. The summed E-state index contributed by atoms with van der Waals surface area (Å²) in [6.45, 7) is 1.81. The van der Waals surface area contributed by atoms with Crippen molar-refractivity contribution in [3.8, 4) is 0 Å². The second-order valence-electron chi connectivity index (χ2n) is 4.72.